The topological polar surface area (TPSA) is 46.5 Å². The first kappa shape index (κ1) is 30.5. The minimum Gasteiger partial charge on any atom is -0.355 e. The fourth-order valence-electron chi connectivity index (χ4n) is 7.06. The molecule has 0 aromatic carbocycles. The van der Waals surface area contributed by atoms with Crippen molar-refractivity contribution < 1.29 is 4.70 Å². The highest BCUT2D eigenvalue weighted by Crippen LogP contribution is 2.41. The Kier molecular flexibility index (Phi) is 9.36. The van der Waals surface area contributed by atoms with Crippen molar-refractivity contribution in [1.82, 2.24) is 19.5 Å². The average molecular weight is 555 g/mol. The highest BCUT2D eigenvalue weighted by Gasteiger charge is 2.26. The van der Waals surface area contributed by atoms with Gasteiger partial charge in [0, 0.05) is 34.2 Å². The molecular formula is C36H47FN4. The zero-order valence-electron chi connectivity index (χ0n) is 26.3. The van der Waals surface area contributed by atoms with Gasteiger partial charge in [-0.1, -0.05) is 48.5 Å². The molecular weight excluding hydrogens is 507 g/mol. The summed E-state index contributed by atoms with van der Waals surface area (Å²) in [6.07, 6.45) is 11.2. The lowest BCUT2D eigenvalue weighted by molar-refractivity contribution is 0.815. The monoisotopic (exact) mass is 554 g/mol. The van der Waals surface area contributed by atoms with E-state index in [9.17, 15) is 0 Å². The average Bonchev–Trinajstić information content (AvgIpc) is 3.73. The summed E-state index contributed by atoms with van der Waals surface area (Å²) in [7, 11) is 0. The molecule has 2 aliphatic heterocycles. The Bertz CT molecular complexity index is 1680. The van der Waals surface area contributed by atoms with Gasteiger partial charge in [-0.15, -0.1) is 0 Å². The molecule has 3 aromatic rings. The number of aryl methyl sites for hydroxylation is 6. The van der Waals surface area contributed by atoms with Crippen molar-refractivity contribution in [2.45, 2.75) is 107 Å². The van der Waals surface area contributed by atoms with Gasteiger partial charge in [0.25, 0.3) is 0 Å². The summed E-state index contributed by atoms with van der Waals surface area (Å²) in [4.78, 5) is 14.4. The van der Waals surface area contributed by atoms with E-state index < -0.39 is 0 Å². The molecule has 41 heavy (non-hydrogen) atoms. The summed E-state index contributed by atoms with van der Waals surface area (Å²) in [5.41, 5.74) is 19.3. The third-order valence-electron chi connectivity index (χ3n) is 8.85. The van der Waals surface area contributed by atoms with Crippen molar-refractivity contribution in [2.24, 2.45) is 0 Å². The number of aromatic nitrogens is 4. The Labute approximate surface area is 245 Å². The van der Waals surface area contributed by atoms with Crippen LogP contribution in [0, 0.1) is 0 Å². The highest BCUT2D eigenvalue weighted by atomic mass is 19.0. The first-order chi connectivity index (χ1) is 19.5. The van der Waals surface area contributed by atoms with Crippen LogP contribution in [0.2, 0.25) is 0 Å². The number of allylic oxidation sites excluding steroid dienone is 2. The normalized spacial score (nSPS) is 12.8. The summed E-state index contributed by atoms with van der Waals surface area (Å²) in [5, 5.41) is 0. The minimum absolute atomic E-state index is 0. The number of aromatic amines is 1. The van der Waals surface area contributed by atoms with Crippen molar-refractivity contribution in [3.63, 3.8) is 0 Å². The van der Waals surface area contributed by atoms with Gasteiger partial charge in [0.2, 0.25) is 0 Å². The van der Waals surface area contributed by atoms with E-state index in [4.69, 9.17) is 9.97 Å². The van der Waals surface area contributed by atoms with Crippen molar-refractivity contribution in [2.75, 3.05) is 0 Å². The first-order valence-corrected chi connectivity index (χ1v) is 15.7. The highest BCUT2D eigenvalue weighted by molar-refractivity contribution is 5.96. The maximum atomic E-state index is 5.61. The number of nitrogens with zero attached hydrogens (tertiary/aromatic N) is 3. The van der Waals surface area contributed by atoms with E-state index >= 15 is 0 Å². The molecule has 3 aromatic heterocycles. The molecule has 0 unspecified atom stereocenters. The largest absolute Gasteiger partial charge is 0.355 e. The number of hydrogen-bond acceptors (Lipinski definition) is 2. The maximum Gasteiger partial charge on any atom is 0.0725 e. The van der Waals surface area contributed by atoms with Gasteiger partial charge in [-0.2, -0.15) is 0 Å². The van der Waals surface area contributed by atoms with E-state index in [0.29, 0.717) is 0 Å². The van der Waals surface area contributed by atoms with Gasteiger partial charge >= 0.3 is 0 Å². The Hall–Kier alpha value is -3.47. The van der Waals surface area contributed by atoms with Crippen molar-refractivity contribution >= 4 is 45.4 Å². The van der Waals surface area contributed by atoms with Crippen LogP contribution in [0.25, 0.3) is 45.4 Å². The van der Waals surface area contributed by atoms with Gasteiger partial charge < -0.3 is 9.55 Å². The van der Waals surface area contributed by atoms with Gasteiger partial charge in [-0.05, 0) is 110 Å². The molecule has 0 fully saturated rings. The van der Waals surface area contributed by atoms with E-state index in [0.717, 1.165) is 68.4 Å². The lowest BCUT2D eigenvalue weighted by Crippen LogP contribution is -2.00. The van der Waals surface area contributed by atoms with Gasteiger partial charge in [-0.3, -0.25) is 4.70 Å². The van der Waals surface area contributed by atoms with Crippen LogP contribution in [0.4, 0.5) is 4.70 Å². The summed E-state index contributed by atoms with van der Waals surface area (Å²) < 4.78 is 2.55. The van der Waals surface area contributed by atoms with E-state index in [2.05, 4.69) is 95.3 Å². The molecule has 2 aliphatic rings. The molecule has 0 radical (unpaired) electrons. The summed E-state index contributed by atoms with van der Waals surface area (Å²) in [5.74, 6) is 0. The Morgan fingerprint density at radius 1 is 0.610 bits per heavy atom. The van der Waals surface area contributed by atoms with Crippen LogP contribution in [-0.4, -0.2) is 19.5 Å². The second-order valence-corrected chi connectivity index (χ2v) is 10.8. The molecule has 5 heteroatoms. The molecule has 8 bridgehead atoms. The van der Waals surface area contributed by atoms with Crippen LogP contribution < -0.4 is 0 Å². The predicted octanol–water partition coefficient (Wildman–Crippen LogP) is 9.67. The molecule has 0 saturated heterocycles. The molecule has 5 heterocycles. The van der Waals surface area contributed by atoms with Crippen LogP contribution in [0.1, 0.15) is 119 Å². The quantitative estimate of drug-likeness (QED) is 0.236. The van der Waals surface area contributed by atoms with Gasteiger partial charge in [0.05, 0.1) is 28.3 Å². The number of hydrogen-bond donors (Lipinski definition) is 1. The molecule has 0 atom stereocenters. The molecule has 1 N–H and O–H groups in total. The Morgan fingerprint density at radius 2 is 1.20 bits per heavy atom. The summed E-state index contributed by atoms with van der Waals surface area (Å²) in [6, 6.07) is 6.80. The van der Waals surface area contributed by atoms with Crippen LogP contribution in [0.3, 0.4) is 0 Å². The molecule has 5 rings (SSSR count). The van der Waals surface area contributed by atoms with Crippen LogP contribution in [-0.2, 0) is 38.6 Å². The van der Waals surface area contributed by atoms with Gasteiger partial charge in [-0.25, -0.2) is 9.97 Å². The number of H-pyrrole nitrogens is 1. The molecule has 218 valence electrons. The second-order valence-electron chi connectivity index (χ2n) is 10.8. The fourth-order valence-corrected chi connectivity index (χ4v) is 7.06. The van der Waals surface area contributed by atoms with Crippen molar-refractivity contribution in [3.8, 4) is 0 Å². The maximum absolute atomic E-state index is 5.61. The number of fused-ring (bicyclic) bond motifs is 8. The van der Waals surface area contributed by atoms with Crippen LogP contribution in [0.15, 0.2) is 18.2 Å². The zero-order valence-corrected chi connectivity index (χ0v) is 26.3. The molecule has 0 saturated carbocycles. The summed E-state index contributed by atoms with van der Waals surface area (Å²) in [6.45, 7) is 19.2. The van der Waals surface area contributed by atoms with Gasteiger partial charge in [0.15, 0.2) is 0 Å². The van der Waals surface area contributed by atoms with Gasteiger partial charge in [0.1, 0.15) is 0 Å². The first-order valence-electron chi connectivity index (χ1n) is 15.7. The van der Waals surface area contributed by atoms with Crippen LogP contribution in [0.5, 0.6) is 0 Å². The van der Waals surface area contributed by atoms with E-state index in [1.807, 2.05) is 0 Å². The zero-order chi connectivity index (χ0) is 28.6. The number of halogens is 1. The fraction of sp³-hybridized carbons (Fsp3) is 0.444. The lowest BCUT2D eigenvalue weighted by Gasteiger charge is -2.11. The Morgan fingerprint density at radius 3 is 1.73 bits per heavy atom. The van der Waals surface area contributed by atoms with Crippen molar-refractivity contribution in [1.29, 1.82) is 0 Å². The molecule has 0 spiro atoms. The third kappa shape index (κ3) is 4.98. The van der Waals surface area contributed by atoms with E-state index in [1.54, 1.807) is 0 Å². The van der Waals surface area contributed by atoms with E-state index in [1.165, 1.54) is 66.9 Å². The smallest absolute Gasteiger partial charge is 0.0725 e. The second kappa shape index (κ2) is 12.6. The number of rotatable bonds is 8. The SMILES string of the molecule is CCC1=C(CC)c2nc1c(CC)c1[nH]c(cc3nc(cc4c(CC)c(CC)c(c2CC)n4CC)C=C3)cc1CC.F. The molecule has 0 aliphatic carbocycles. The lowest BCUT2D eigenvalue weighted by atomic mass is 9.93. The van der Waals surface area contributed by atoms with Crippen molar-refractivity contribution in [3.05, 3.63) is 68.8 Å². The predicted molar refractivity (Wildman–Crippen MR) is 176 cm³/mol. The molecule has 0 amide bonds. The molecule has 4 nitrogen and oxygen atoms in total. The number of nitrogens with one attached hydrogen (secondary N) is 1. The van der Waals surface area contributed by atoms with Crippen LogP contribution >= 0.6 is 0 Å². The summed E-state index contributed by atoms with van der Waals surface area (Å²) >= 11 is 0. The minimum atomic E-state index is 0. The van der Waals surface area contributed by atoms with E-state index in [-0.39, 0.29) is 4.70 Å². The third-order valence-corrected chi connectivity index (χ3v) is 8.85. The Balaban J connectivity index is 0.00000387. The standard InChI is InChI=1S/C36H46N4.FH/c1-9-22-19-25-20-23-17-18-24(37-23)21-32-26(10-2)29(13-5)36(40(32)16-8)31(15-7)35-28(12-4)27(11-3)34(39-35)30(14-6)33(22)38-25;/h17-21,38H,9-16H2,1-8H3;1H.